The average molecular weight is 330 g/mol. The van der Waals surface area contributed by atoms with Crippen molar-refractivity contribution in [1.82, 2.24) is 0 Å². The number of hydrogen-bond donors (Lipinski definition) is 1. The first kappa shape index (κ1) is 17.2. The number of nitrogens with two attached hydrogens (primary N) is 1. The second-order valence-electron chi connectivity index (χ2n) is 4.00. The van der Waals surface area contributed by atoms with E-state index in [9.17, 15) is 0 Å². The van der Waals surface area contributed by atoms with E-state index in [1.54, 1.807) is 11.8 Å². The molecule has 0 unspecified atom stereocenters. The fraction of sp³-hybridized carbons (Fsp3) is 0.200. The van der Waals surface area contributed by atoms with Gasteiger partial charge in [0.2, 0.25) is 0 Å². The van der Waals surface area contributed by atoms with Crippen molar-refractivity contribution in [3.8, 4) is 5.75 Å². The smallest absolute Gasteiger partial charge is 0.119 e. The maximum Gasteiger partial charge on any atom is 0.119 e. The van der Waals surface area contributed by atoms with Gasteiger partial charge in [0.1, 0.15) is 5.75 Å². The molecular weight excluding hydrogens is 313 g/mol. The average Bonchev–Trinajstić information content (AvgIpc) is 2.46. The van der Waals surface area contributed by atoms with Crippen molar-refractivity contribution < 1.29 is 4.74 Å². The lowest BCUT2D eigenvalue weighted by atomic mass is 10.2. The summed E-state index contributed by atoms with van der Waals surface area (Å²) in [6.07, 6.45) is 0. The van der Waals surface area contributed by atoms with Gasteiger partial charge in [-0.2, -0.15) is 0 Å². The minimum atomic E-state index is 0. The van der Waals surface area contributed by atoms with Crippen molar-refractivity contribution in [3.05, 3.63) is 59.1 Å². The van der Waals surface area contributed by atoms with Crippen LogP contribution in [0.5, 0.6) is 5.75 Å². The molecule has 0 aromatic heterocycles. The van der Waals surface area contributed by atoms with E-state index in [4.69, 9.17) is 22.1 Å². The van der Waals surface area contributed by atoms with Crippen molar-refractivity contribution in [2.24, 2.45) is 5.73 Å². The third kappa shape index (κ3) is 5.63. The van der Waals surface area contributed by atoms with Gasteiger partial charge in [0, 0.05) is 22.2 Å². The molecule has 0 saturated heterocycles. The Bertz CT molecular complexity index is 502. The summed E-state index contributed by atoms with van der Waals surface area (Å²) in [5.41, 5.74) is 6.66. The van der Waals surface area contributed by atoms with Crippen LogP contribution in [0.2, 0.25) is 5.02 Å². The third-order valence-corrected chi connectivity index (χ3v) is 3.82. The van der Waals surface area contributed by atoms with Crippen LogP contribution in [0.4, 0.5) is 0 Å². The van der Waals surface area contributed by atoms with Crippen molar-refractivity contribution in [1.29, 1.82) is 0 Å². The first-order valence-corrected chi connectivity index (χ1v) is 7.44. The summed E-state index contributed by atoms with van der Waals surface area (Å²) in [6, 6.07) is 15.7. The predicted molar refractivity (Wildman–Crippen MR) is 89.3 cm³/mol. The SMILES string of the molecule is Cl.NCc1ccc(OCCSc2ccc(Cl)cc2)cc1. The highest BCUT2D eigenvalue weighted by Gasteiger charge is 1.97. The van der Waals surface area contributed by atoms with E-state index < -0.39 is 0 Å². The highest BCUT2D eigenvalue weighted by Crippen LogP contribution is 2.20. The zero-order valence-electron chi connectivity index (χ0n) is 10.9. The van der Waals surface area contributed by atoms with Gasteiger partial charge in [-0.3, -0.25) is 0 Å². The molecule has 0 aliphatic heterocycles. The fourth-order valence-corrected chi connectivity index (χ4v) is 2.43. The van der Waals surface area contributed by atoms with E-state index in [2.05, 4.69) is 0 Å². The van der Waals surface area contributed by atoms with Crippen LogP contribution in [-0.2, 0) is 6.54 Å². The Hall–Kier alpha value is -0.870. The molecule has 2 nitrogen and oxygen atoms in total. The van der Waals surface area contributed by atoms with Crippen LogP contribution in [0.3, 0.4) is 0 Å². The Labute approximate surface area is 135 Å². The van der Waals surface area contributed by atoms with E-state index in [0.29, 0.717) is 13.2 Å². The lowest BCUT2D eigenvalue weighted by Gasteiger charge is -2.06. The molecule has 0 aliphatic rings. The van der Waals surface area contributed by atoms with Crippen LogP contribution in [-0.4, -0.2) is 12.4 Å². The van der Waals surface area contributed by atoms with Crippen molar-refractivity contribution in [2.45, 2.75) is 11.4 Å². The molecule has 2 aromatic carbocycles. The molecule has 0 fully saturated rings. The summed E-state index contributed by atoms with van der Waals surface area (Å²) in [4.78, 5) is 1.20. The van der Waals surface area contributed by atoms with Crippen molar-refractivity contribution in [2.75, 3.05) is 12.4 Å². The normalized spacial score (nSPS) is 9.90. The first-order valence-electron chi connectivity index (χ1n) is 6.08. The monoisotopic (exact) mass is 329 g/mol. The lowest BCUT2D eigenvalue weighted by molar-refractivity contribution is 0.344. The van der Waals surface area contributed by atoms with Gasteiger partial charge in [-0.15, -0.1) is 24.2 Å². The molecule has 2 rings (SSSR count). The minimum Gasteiger partial charge on any atom is -0.493 e. The Balaban J connectivity index is 0.00000200. The Kier molecular flexibility index (Phi) is 7.85. The molecule has 0 saturated carbocycles. The highest BCUT2D eigenvalue weighted by atomic mass is 35.5. The van der Waals surface area contributed by atoms with Crippen molar-refractivity contribution >= 4 is 35.8 Å². The Morgan fingerprint density at radius 2 is 1.65 bits per heavy atom. The molecule has 0 atom stereocenters. The molecule has 0 heterocycles. The summed E-state index contributed by atoms with van der Waals surface area (Å²) >= 11 is 7.59. The summed E-state index contributed by atoms with van der Waals surface area (Å²) in [5, 5.41) is 0.764. The van der Waals surface area contributed by atoms with Crippen LogP contribution >= 0.6 is 35.8 Å². The molecule has 0 amide bonds. The van der Waals surface area contributed by atoms with E-state index in [0.717, 1.165) is 22.1 Å². The largest absolute Gasteiger partial charge is 0.493 e. The lowest BCUT2D eigenvalue weighted by Crippen LogP contribution is -2.01. The van der Waals surface area contributed by atoms with Gasteiger partial charge in [-0.25, -0.2) is 0 Å². The van der Waals surface area contributed by atoms with Crippen LogP contribution in [0.25, 0.3) is 0 Å². The number of benzene rings is 2. The van der Waals surface area contributed by atoms with Crippen LogP contribution in [0, 0.1) is 0 Å². The summed E-state index contributed by atoms with van der Waals surface area (Å²) < 4.78 is 5.66. The Morgan fingerprint density at radius 3 is 2.25 bits per heavy atom. The zero-order chi connectivity index (χ0) is 13.5. The highest BCUT2D eigenvalue weighted by molar-refractivity contribution is 7.99. The molecule has 0 radical (unpaired) electrons. The predicted octanol–water partition coefficient (Wildman–Crippen LogP) is 4.39. The van der Waals surface area contributed by atoms with Crippen LogP contribution < -0.4 is 10.5 Å². The summed E-state index contributed by atoms with van der Waals surface area (Å²) in [6.45, 7) is 1.24. The number of halogens is 2. The van der Waals surface area contributed by atoms with Gasteiger partial charge >= 0.3 is 0 Å². The summed E-state index contributed by atoms with van der Waals surface area (Å²) in [5.74, 6) is 1.79. The van der Waals surface area contributed by atoms with E-state index in [1.807, 2.05) is 48.5 Å². The molecular formula is C15H17Cl2NOS. The molecule has 5 heteroatoms. The van der Waals surface area contributed by atoms with E-state index in [-0.39, 0.29) is 12.4 Å². The number of thioether (sulfide) groups is 1. The van der Waals surface area contributed by atoms with Crippen LogP contribution in [0.15, 0.2) is 53.4 Å². The van der Waals surface area contributed by atoms with Gasteiger partial charge in [0.15, 0.2) is 0 Å². The maximum atomic E-state index is 5.83. The second-order valence-corrected chi connectivity index (χ2v) is 5.60. The standard InChI is InChI=1S/C15H16ClNOS.ClH/c16-13-3-7-15(8-4-13)19-10-9-18-14-5-1-12(11-17)2-6-14;/h1-8H,9-11,17H2;1H. The molecule has 2 N–H and O–H groups in total. The number of ether oxygens (including phenoxy) is 1. The third-order valence-electron chi connectivity index (χ3n) is 2.59. The first-order chi connectivity index (χ1) is 9.28. The zero-order valence-corrected chi connectivity index (χ0v) is 13.3. The molecule has 2 aromatic rings. The molecule has 20 heavy (non-hydrogen) atoms. The van der Waals surface area contributed by atoms with E-state index in [1.165, 1.54) is 4.90 Å². The van der Waals surface area contributed by atoms with E-state index >= 15 is 0 Å². The number of hydrogen-bond acceptors (Lipinski definition) is 3. The van der Waals surface area contributed by atoms with Crippen molar-refractivity contribution in [3.63, 3.8) is 0 Å². The van der Waals surface area contributed by atoms with Gasteiger partial charge in [0.25, 0.3) is 0 Å². The fourth-order valence-electron chi connectivity index (χ4n) is 1.57. The topological polar surface area (TPSA) is 35.2 Å². The van der Waals surface area contributed by atoms with Gasteiger partial charge < -0.3 is 10.5 Å². The summed E-state index contributed by atoms with van der Waals surface area (Å²) in [7, 11) is 0. The van der Waals surface area contributed by atoms with Crippen LogP contribution in [0.1, 0.15) is 5.56 Å². The minimum absolute atomic E-state index is 0. The number of rotatable bonds is 6. The molecule has 0 bridgehead atoms. The quantitative estimate of drug-likeness (QED) is 0.630. The second kappa shape index (κ2) is 9.14. The molecule has 0 spiro atoms. The van der Waals surface area contributed by atoms with Gasteiger partial charge in [0.05, 0.1) is 6.61 Å². The van der Waals surface area contributed by atoms with Gasteiger partial charge in [-0.05, 0) is 42.0 Å². The Morgan fingerprint density at radius 1 is 1.00 bits per heavy atom. The van der Waals surface area contributed by atoms with Gasteiger partial charge in [-0.1, -0.05) is 23.7 Å². The molecule has 0 aliphatic carbocycles. The molecule has 108 valence electrons. The maximum absolute atomic E-state index is 5.83.